The van der Waals surface area contributed by atoms with Gasteiger partial charge in [0.2, 0.25) is 0 Å². The van der Waals surface area contributed by atoms with Crippen LogP contribution in [0.4, 0.5) is 11.6 Å². The van der Waals surface area contributed by atoms with Crippen LogP contribution in [0.3, 0.4) is 0 Å². The first-order valence-electron chi connectivity index (χ1n) is 7.40. The summed E-state index contributed by atoms with van der Waals surface area (Å²) in [6.45, 7) is 1.96. The Morgan fingerprint density at radius 2 is 2.00 bits per heavy atom. The number of nitrogens with one attached hydrogen (secondary N) is 1. The van der Waals surface area contributed by atoms with Gasteiger partial charge in [-0.25, -0.2) is 9.97 Å². The van der Waals surface area contributed by atoms with E-state index in [1.165, 1.54) is 11.9 Å². The summed E-state index contributed by atoms with van der Waals surface area (Å²) in [6.07, 6.45) is 0. The van der Waals surface area contributed by atoms with Gasteiger partial charge in [0.1, 0.15) is 16.7 Å². The van der Waals surface area contributed by atoms with E-state index in [0.29, 0.717) is 27.9 Å². The first-order chi connectivity index (χ1) is 12.1. The van der Waals surface area contributed by atoms with Gasteiger partial charge in [0, 0.05) is 17.5 Å². The van der Waals surface area contributed by atoms with E-state index in [-0.39, 0.29) is 0 Å². The molecule has 0 aliphatic rings. The van der Waals surface area contributed by atoms with Crippen LogP contribution >= 0.6 is 23.5 Å². The highest BCUT2D eigenvalue weighted by atomic mass is 35.5. The molecule has 0 atom stereocenters. The number of nitriles is 1. The monoisotopic (exact) mass is 367 g/mol. The summed E-state index contributed by atoms with van der Waals surface area (Å²) in [5.74, 6) is 1.09. The van der Waals surface area contributed by atoms with E-state index < -0.39 is 0 Å². The first kappa shape index (κ1) is 17.1. The highest BCUT2D eigenvalue weighted by Crippen LogP contribution is 2.31. The van der Waals surface area contributed by atoms with E-state index >= 15 is 0 Å². The molecule has 5 nitrogen and oxygen atoms in total. The standard InChI is InChI=1S/C18H14ClN5S/c1-11-5-6-12(10-20)9-13(11)18-14(19)7-8-16(23-18)24-25-17-4-2-3-15(21)22-17/h2-9H,1H3,(H2,21,22)(H,23,24). The first-order valence-corrected chi connectivity index (χ1v) is 8.59. The predicted molar refractivity (Wildman–Crippen MR) is 102 cm³/mol. The van der Waals surface area contributed by atoms with Crippen molar-refractivity contribution >= 4 is 35.2 Å². The van der Waals surface area contributed by atoms with Gasteiger partial charge in [-0.3, -0.25) is 0 Å². The van der Waals surface area contributed by atoms with Gasteiger partial charge in [0.15, 0.2) is 0 Å². The average molecular weight is 368 g/mol. The SMILES string of the molecule is Cc1ccc(C#N)cc1-c1nc(NSc2cccc(N)n2)ccc1Cl. The zero-order chi connectivity index (χ0) is 17.8. The van der Waals surface area contributed by atoms with E-state index in [1.807, 2.05) is 25.1 Å². The fourth-order valence-electron chi connectivity index (χ4n) is 2.23. The predicted octanol–water partition coefficient (Wildman–Crippen LogP) is 4.68. The van der Waals surface area contributed by atoms with Crippen LogP contribution in [0.15, 0.2) is 53.6 Å². The number of aryl methyl sites for hydroxylation is 1. The Hall–Kier alpha value is -2.75. The Bertz CT molecular complexity index is 968. The van der Waals surface area contributed by atoms with Crippen molar-refractivity contribution < 1.29 is 0 Å². The van der Waals surface area contributed by atoms with Gasteiger partial charge in [-0.2, -0.15) is 5.26 Å². The Balaban J connectivity index is 1.90. The second-order valence-corrected chi connectivity index (χ2v) is 6.51. The summed E-state index contributed by atoms with van der Waals surface area (Å²) >= 11 is 7.64. The fourth-order valence-corrected chi connectivity index (χ4v) is 3.05. The van der Waals surface area contributed by atoms with Gasteiger partial charge in [-0.05, 0) is 48.9 Å². The molecular formula is C18H14ClN5S. The van der Waals surface area contributed by atoms with Gasteiger partial charge in [-0.15, -0.1) is 0 Å². The number of anilines is 2. The summed E-state index contributed by atoms with van der Waals surface area (Å²) in [6, 6.07) is 16.6. The molecule has 25 heavy (non-hydrogen) atoms. The minimum atomic E-state index is 0.459. The molecule has 0 radical (unpaired) electrons. The molecule has 124 valence electrons. The van der Waals surface area contributed by atoms with E-state index in [2.05, 4.69) is 20.8 Å². The second kappa shape index (κ2) is 7.43. The maximum absolute atomic E-state index is 9.12. The van der Waals surface area contributed by atoms with E-state index in [9.17, 15) is 0 Å². The van der Waals surface area contributed by atoms with Crippen molar-refractivity contribution in [2.75, 3.05) is 10.5 Å². The Labute approximate surface area is 155 Å². The van der Waals surface area contributed by atoms with Crippen molar-refractivity contribution in [2.24, 2.45) is 0 Å². The molecule has 0 aliphatic heterocycles. The maximum atomic E-state index is 9.12. The molecule has 2 heterocycles. The van der Waals surface area contributed by atoms with Gasteiger partial charge in [0.05, 0.1) is 22.3 Å². The molecule has 0 amide bonds. The largest absolute Gasteiger partial charge is 0.384 e. The Morgan fingerprint density at radius 1 is 1.16 bits per heavy atom. The zero-order valence-corrected chi connectivity index (χ0v) is 14.9. The molecule has 3 rings (SSSR count). The molecule has 7 heteroatoms. The van der Waals surface area contributed by atoms with Crippen LogP contribution in [-0.2, 0) is 0 Å². The summed E-state index contributed by atoms with van der Waals surface area (Å²) in [5, 5.41) is 10.4. The fraction of sp³-hybridized carbons (Fsp3) is 0.0556. The molecule has 0 fully saturated rings. The number of pyridine rings is 2. The molecule has 0 saturated heterocycles. The number of aromatic nitrogens is 2. The van der Waals surface area contributed by atoms with Gasteiger partial charge >= 0.3 is 0 Å². The summed E-state index contributed by atoms with van der Waals surface area (Å²) in [7, 11) is 0. The highest BCUT2D eigenvalue weighted by molar-refractivity contribution is 8.00. The lowest BCUT2D eigenvalue weighted by Crippen LogP contribution is -1.97. The third-order valence-corrected chi connectivity index (χ3v) is 4.53. The third-order valence-electron chi connectivity index (χ3n) is 3.47. The van der Waals surface area contributed by atoms with Crippen LogP contribution in [0.2, 0.25) is 5.02 Å². The Morgan fingerprint density at radius 3 is 2.76 bits per heavy atom. The second-order valence-electron chi connectivity index (χ2n) is 5.27. The van der Waals surface area contributed by atoms with Gasteiger partial charge < -0.3 is 10.5 Å². The number of nitrogens with two attached hydrogens (primary N) is 1. The average Bonchev–Trinajstić information content (AvgIpc) is 2.62. The molecule has 2 aromatic heterocycles. The number of halogens is 1. The number of nitrogens with zero attached hydrogens (tertiary/aromatic N) is 3. The molecule has 0 saturated carbocycles. The number of benzene rings is 1. The normalized spacial score (nSPS) is 10.3. The minimum Gasteiger partial charge on any atom is -0.384 e. The molecule has 3 aromatic rings. The van der Waals surface area contributed by atoms with Gasteiger partial charge in [-0.1, -0.05) is 23.7 Å². The third kappa shape index (κ3) is 4.02. The van der Waals surface area contributed by atoms with E-state index in [4.69, 9.17) is 22.6 Å². The van der Waals surface area contributed by atoms with Crippen molar-refractivity contribution in [3.05, 3.63) is 64.7 Å². The van der Waals surface area contributed by atoms with Crippen molar-refractivity contribution in [3.8, 4) is 17.3 Å². The lowest BCUT2D eigenvalue weighted by Gasteiger charge is -2.11. The van der Waals surface area contributed by atoms with Crippen LogP contribution in [0.1, 0.15) is 11.1 Å². The van der Waals surface area contributed by atoms with Crippen molar-refractivity contribution in [2.45, 2.75) is 11.9 Å². The van der Waals surface area contributed by atoms with Gasteiger partial charge in [0.25, 0.3) is 0 Å². The number of nitrogen functional groups attached to an aromatic ring is 1. The van der Waals surface area contributed by atoms with Crippen LogP contribution in [0, 0.1) is 18.3 Å². The highest BCUT2D eigenvalue weighted by Gasteiger charge is 2.11. The van der Waals surface area contributed by atoms with Crippen LogP contribution in [0.25, 0.3) is 11.3 Å². The van der Waals surface area contributed by atoms with Crippen molar-refractivity contribution in [1.29, 1.82) is 5.26 Å². The smallest absolute Gasteiger partial charge is 0.136 e. The zero-order valence-electron chi connectivity index (χ0n) is 13.3. The summed E-state index contributed by atoms with van der Waals surface area (Å²) < 4.78 is 3.14. The van der Waals surface area contributed by atoms with Crippen molar-refractivity contribution in [1.82, 2.24) is 9.97 Å². The minimum absolute atomic E-state index is 0.459. The summed E-state index contributed by atoms with van der Waals surface area (Å²) in [4.78, 5) is 8.80. The van der Waals surface area contributed by atoms with Crippen LogP contribution < -0.4 is 10.5 Å². The molecule has 1 aromatic carbocycles. The Kier molecular flexibility index (Phi) is 5.08. The molecule has 0 bridgehead atoms. The number of rotatable bonds is 4. The van der Waals surface area contributed by atoms with Crippen molar-refractivity contribution in [3.63, 3.8) is 0 Å². The van der Waals surface area contributed by atoms with E-state index in [1.54, 1.807) is 30.3 Å². The molecule has 3 N–H and O–H groups in total. The lowest BCUT2D eigenvalue weighted by molar-refractivity contribution is 1.15. The number of hydrogen-bond donors (Lipinski definition) is 2. The number of hydrogen-bond acceptors (Lipinski definition) is 6. The van der Waals surface area contributed by atoms with Crippen LogP contribution in [0.5, 0.6) is 0 Å². The molecular weight excluding hydrogens is 354 g/mol. The quantitative estimate of drug-likeness (QED) is 0.651. The molecule has 0 spiro atoms. The summed E-state index contributed by atoms with van der Waals surface area (Å²) in [5.41, 5.74) is 8.70. The van der Waals surface area contributed by atoms with E-state index in [0.717, 1.165) is 16.2 Å². The van der Waals surface area contributed by atoms with Crippen LogP contribution in [-0.4, -0.2) is 9.97 Å². The molecule has 0 unspecified atom stereocenters. The lowest BCUT2D eigenvalue weighted by atomic mass is 10.0. The molecule has 0 aliphatic carbocycles. The maximum Gasteiger partial charge on any atom is 0.136 e. The topological polar surface area (TPSA) is 87.6 Å².